The molecule has 2 N–H and O–H groups in total. The summed E-state index contributed by atoms with van der Waals surface area (Å²) < 4.78 is 1.62. The number of nitrogen functional groups attached to an aromatic ring is 1. The molecule has 0 bridgehead atoms. The van der Waals surface area contributed by atoms with Crippen molar-refractivity contribution >= 4 is 18.2 Å². The van der Waals surface area contributed by atoms with Gasteiger partial charge in [0.05, 0.1) is 28.7 Å². The summed E-state index contributed by atoms with van der Waals surface area (Å²) in [6, 6.07) is 7.84. The Morgan fingerprint density at radius 2 is 1.80 bits per heavy atom. The van der Waals surface area contributed by atoms with Crippen molar-refractivity contribution in [2.45, 2.75) is 18.4 Å². The number of anilines is 1. The van der Waals surface area contributed by atoms with Crippen molar-refractivity contribution in [3.05, 3.63) is 59.8 Å². The predicted octanol–water partition coefficient (Wildman–Crippen LogP) is 3.46. The second-order valence-corrected chi connectivity index (χ2v) is 6.07. The lowest BCUT2D eigenvalue weighted by Gasteiger charge is -2.05. The number of halogens is 1. The van der Waals surface area contributed by atoms with Crippen LogP contribution in [0.4, 0.5) is 5.82 Å². The summed E-state index contributed by atoms with van der Waals surface area (Å²) >= 11 is 0. The van der Waals surface area contributed by atoms with E-state index in [4.69, 9.17) is 12.3 Å². The van der Waals surface area contributed by atoms with Gasteiger partial charge in [-0.25, -0.2) is 6.57 Å². The third-order valence-corrected chi connectivity index (χ3v) is 4.56. The maximum atomic E-state index is 7.32. The van der Waals surface area contributed by atoms with Gasteiger partial charge in [0.25, 0.3) is 5.54 Å². The van der Waals surface area contributed by atoms with E-state index >= 15 is 0 Å². The van der Waals surface area contributed by atoms with Crippen LogP contribution in [0.25, 0.3) is 27.4 Å². The number of hydrogen-bond acceptors (Lipinski definition) is 4. The normalized spacial score (nSPS) is 14.4. The van der Waals surface area contributed by atoms with E-state index in [1.54, 1.807) is 24.1 Å². The fourth-order valence-corrected chi connectivity index (χ4v) is 2.77. The first-order chi connectivity index (χ1) is 11.6. The number of aryl methyl sites for hydroxylation is 1. The maximum Gasteiger partial charge on any atom is 0.259 e. The number of hydrogen-bond donors (Lipinski definition) is 1. The zero-order valence-corrected chi connectivity index (χ0v) is 14.5. The highest BCUT2D eigenvalue weighted by atomic mass is 35.5. The molecule has 1 fully saturated rings. The highest BCUT2D eigenvalue weighted by Gasteiger charge is 2.52. The Morgan fingerprint density at radius 3 is 2.28 bits per heavy atom. The molecule has 3 aromatic rings. The van der Waals surface area contributed by atoms with E-state index in [-0.39, 0.29) is 17.9 Å². The molecular weight excluding hydrogens is 336 g/mol. The summed E-state index contributed by atoms with van der Waals surface area (Å²) in [6.07, 6.45) is 7.17. The van der Waals surface area contributed by atoms with Crippen LogP contribution in [0.15, 0.2) is 42.9 Å². The van der Waals surface area contributed by atoms with Gasteiger partial charge in [0.1, 0.15) is 5.82 Å². The molecule has 0 saturated heterocycles. The molecule has 0 unspecified atom stereocenters. The third-order valence-electron chi connectivity index (χ3n) is 4.56. The molecule has 0 spiro atoms. The highest BCUT2D eigenvalue weighted by molar-refractivity contribution is 5.85. The van der Waals surface area contributed by atoms with Gasteiger partial charge in [-0.3, -0.25) is 14.6 Å². The van der Waals surface area contributed by atoms with Gasteiger partial charge >= 0.3 is 0 Å². The van der Waals surface area contributed by atoms with E-state index in [1.807, 2.05) is 30.5 Å². The Hall–Kier alpha value is -2.91. The molecule has 126 valence electrons. The number of nitrogens with two attached hydrogens (primary N) is 1. The Kier molecular flexibility index (Phi) is 4.19. The maximum absolute atomic E-state index is 7.32. The largest absolute Gasteiger partial charge is 0.383 e. The highest BCUT2D eigenvalue weighted by Crippen LogP contribution is 2.49. The van der Waals surface area contributed by atoms with Crippen molar-refractivity contribution in [1.29, 1.82) is 0 Å². The Labute approximate surface area is 152 Å². The minimum absolute atomic E-state index is 0. The van der Waals surface area contributed by atoms with Gasteiger partial charge in [-0.1, -0.05) is 0 Å². The molecule has 6 nitrogen and oxygen atoms in total. The molecular formula is C18H17ClN6. The van der Waals surface area contributed by atoms with E-state index in [0.717, 1.165) is 40.9 Å². The molecule has 0 radical (unpaired) electrons. The minimum atomic E-state index is -0.314. The zero-order chi connectivity index (χ0) is 16.7. The average Bonchev–Trinajstić information content (AvgIpc) is 3.37. The average molecular weight is 353 g/mol. The summed E-state index contributed by atoms with van der Waals surface area (Å²) in [5, 5.41) is 4.13. The molecule has 4 rings (SSSR count). The molecule has 0 atom stereocenters. The molecule has 0 aromatic carbocycles. The van der Waals surface area contributed by atoms with Gasteiger partial charge < -0.3 is 10.6 Å². The van der Waals surface area contributed by atoms with Crippen LogP contribution in [0.3, 0.4) is 0 Å². The van der Waals surface area contributed by atoms with Crippen LogP contribution in [0.2, 0.25) is 0 Å². The fourth-order valence-electron chi connectivity index (χ4n) is 2.77. The lowest BCUT2D eigenvalue weighted by Crippen LogP contribution is -2.00. The minimum Gasteiger partial charge on any atom is -0.383 e. The standard InChI is InChI=1S/C18H16N6.ClH/c1-20-18(7-8-18)13-4-6-15(22-10-13)12-3-5-16(21-9-12)14-11-23-24(2)17(14)19;/h3-6,9-11H,7-8,19H2,2H3;1H. The topological polar surface area (TPSA) is 74.0 Å². The second-order valence-electron chi connectivity index (χ2n) is 6.07. The van der Waals surface area contributed by atoms with Gasteiger partial charge in [-0.2, -0.15) is 5.10 Å². The van der Waals surface area contributed by atoms with Crippen molar-refractivity contribution in [2.24, 2.45) is 7.05 Å². The number of rotatable bonds is 3. The van der Waals surface area contributed by atoms with Crippen molar-refractivity contribution in [1.82, 2.24) is 19.7 Å². The van der Waals surface area contributed by atoms with Gasteiger partial charge in [0.15, 0.2) is 0 Å². The third kappa shape index (κ3) is 2.83. The lowest BCUT2D eigenvalue weighted by atomic mass is 10.1. The lowest BCUT2D eigenvalue weighted by molar-refractivity contribution is 0.779. The summed E-state index contributed by atoms with van der Waals surface area (Å²) in [4.78, 5) is 12.7. The summed E-state index contributed by atoms with van der Waals surface area (Å²) in [5.74, 6) is 0.589. The Balaban J connectivity index is 0.00000182. The number of aromatic nitrogens is 4. The molecule has 7 heteroatoms. The molecule has 25 heavy (non-hydrogen) atoms. The van der Waals surface area contributed by atoms with Crippen LogP contribution >= 0.6 is 12.4 Å². The van der Waals surface area contributed by atoms with Crippen LogP contribution in [0.5, 0.6) is 0 Å². The summed E-state index contributed by atoms with van der Waals surface area (Å²) in [5.41, 5.74) is 10.1. The predicted molar refractivity (Wildman–Crippen MR) is 98.8 cm³/mol. The number of pyridine rings is 2. The van der Waals surface area contributed by atoms with Crippen molar-refractivity contribution in [2.75, 3.05) is 5.73 Å². The smallest absolute Gasteiger partial charge is 0.259 e. The molecule has 1 aliphatic rings. The summed E-state index contributed by atoms with van der Waals surface area (Å²) in [6.45, 7) is 7.32. The first-order valence-electron chi connectivity index (χ1n) is 7.72. The molecule has 1 saturated carbocycles. The summed E-state index contributed by atoms with van der Waals surface area (Å²) in [7, 11) is 1.80. The fraction of sp³-hybridized carbons (Fsp3) is 0.222. The molecule has 0 aliphatic heterocycles. The molecule has 3 heterocycles. The second kappa shape index (κ2) is 6.19. The van der Waals surface area contributed by atoms with Gasteiger partial charge in [0, 0.05) is 37.8 Å². The zero-order valence-electron chi connectivity index (χ0n) is 13.7. The first kappa shape index (κ1) is 16.9. The van der Waals surface area contributed by atoms with Crippen LogP contribution in [-0.4, -0.2) is 19.7 Å². The van der Waals surface area contributed by atoms with E-state index in [1.165, 1.54) is 0 Å². The Bertz CT molecular complexity index is 933. The molecule has 0 amide bonds. The molecule has 1 aliphatic carbocycles. The van der Waals surface area contributed by atoms with E-state index in [9.17, 15) is 0 Å². The van der Waals surface area contributed by atoms with Crippen LogP contribution in [0.1, 0.15) is 18.4 Å². The quantitative estimate of drug-likeness (QED) is 0.732. The van der Waals surface area contributed by atoms with Gasteiger partial charge in [0.2, 0.25) is 0 Å². The Morgan fingerprint density at radius 1 is 1.08 bits per heavy atom. The van der Waals surface area contributed by atoms with Crippen LogP contribution < -0.4 is 5.73 Å². The first-order valence-corrected chi connectivity index (χ1v) is 7.72. The van der Waals surface area contributed by atoms with E-state index in [2.05, 4.69) is 19.9 Å². The monoisotopic (exact) mass is 352 g/mol. The van der Waals surface area contributed by atoms with E-state index < -0.39 is 0 Å². The molecule has 3 aromatic heterocycles. The van der Waals surface area contributed by atoms with Crippen molar-refractivity contribution < 1.29 is 0 Å². The van der Waals surface area contributed by atoms with Gasteiger partial charge in [-0.05, 0) is 24.3 Å². The van der Waals surface area contributed by atoms with Gasteiger partial charge in [-0.15, -0.1) is 12.4 Å². The van der Waals surface area contributed by atoms with Crippen molar-refractivity contribution in [3.8, 4) is 22.5 Å². The van der Waals surface area contributed by atoms with Crippen LogP contribution in [-0.2, 0) is 12.6 Å². The van der Waals surface area contributed by atoms with Crippen LogP contribution in [0, 0.1) is 6.57 Å². The number of nitrogens with zero attached hydrogens (tertiary/aromatic N) is 5. The SMILES string of the molecule is Cl.[C-]#[N+]C1(c2ccc(-c3ccc(-c4cnn(C)c4N)nc3)nc2)CC1. The van der Waals surface area contributed by atoms with E-state index in [0.29, 0.717) is 5.82 Å². The van der Waals surface area contributed by atoms with Crippen molar-refractivity contribution in [3.63, 3.8) is 0 Å².